The first-order valence-corrected chi connectivity index (χ1v) is 4.98. The van der Waals surface area contributed by atoms with Gasteiger partial charge in [-0.15, -0.1) is 0 Å². The fourth-order valence-electron chi connectivity index (χ4n) is 2.92. The van der Waals surface area contributed by atoms with Crippen molar-refractivity contribution in [3.8, 4) is 0 Å². The molecule has 0 aliphatic heterocycles. The van der Waals surface area contributed by atoms with E-state index in [-0.39, 0.29) is 23.9 Å². The van der Waals surface area contributed by atoms with Crippen molar-refractivity contribution in [2.75, 3.05) is 0 Å². The number of fused-ring (bicyclic) bond motifs is 2. The standard InChI is InChI=1S/C10H14O4/c1-5(11)14-9-4-6-2-7(9)8(3-6)10(12)13/h6-9H,2-4H2,1H3,(H,12,13). The number of esters is 1. The van der Waals surface area contributed by atoms with Gasteiger partial charge >= 0.3 is 11.9 Å². The lowest BCUT2D eigenvalue weighted by Gasteiger charge is -2.26. The summed E-state index contributed by atoms with van der Waals surface area (Å²) in [6.45, 7) is 1.38. The van der Waals surface area contributed by atoms with E-state index in [1.165, 1.54) is 6.92 Å². The van der Waals surface area contributed by atoms with Crippen molar-refractivity contribution in [1.82, 2.24) is 0 Å². The second kappa shape index (κ2) is 3.26. The van der Waals surface area contributed by atoms with Crippen LogP contribution in [0.3, 0.4) is 0 Å². The number of carboxylic acids is 1. The number of hydrogen-bond donors (Lipinski definition) is 1. The summed E-state index contributed by atoms with van der Waals surface area (Å²) in [7, 11) is 0. The van der Waals surface area contributed by atoms with Crippen LogP contribution < -0.4 is 0 Å². The van der Waals surface area contributed by atoms with Crippen molar-refractivity contribution in [3.63, 3.8) is 0 Å². The molecule has 2 fully saturated rings. The minimum atomic E-state index is -0.741. The van der Waals surface area contributed by atoms with Gasteiger partial charge in [-0.3, -0.25) is 9.59 Å². The molecule has 4 atom stereocenters. The lowest BCUT2D eigenvalue weighted by Crippen LogP contribution is -2.32. The van der Waals surface area contributed by atoms with Gasteiger partial charge in [-0.2, -0.15) is 0 Å². The van der Waals surface area contributed by atoms with Gasteiger partial charge in [-0.25, -0.2) is 0 Å². The lowest BCUT2D eigenvalue weighted by atomic mass is 9.87. The number of ether oxygens (including phenoxy) is 1. The Morgan fingerprint density at radius 3 is 2.50 bits per heavy atom. The summed E-state index contributed by atoms with van der Waals surface area (Å²) in [6.07, 6.45) is 2.38. The maximum absolute atomic E-state index is 10.9. The average molecular weight is 198 g/mol. The minimum absolute atomic E-state index is 0.0569. The average Bonchev–Trinajstić information content (AvgIpc) is 2.60. The van der Waals surface area contributed by atoms with Crippen LogP contribution in [0.4, 0.5) is 0 Å². The highest BCUT2D eigenvalue weighted by molar-refractivity contribution is 5.71. The molecule has 0 spiro atoms. The Hall–Kier alpha value is -1.06. The highest BCUT2D eigenvalue weighted by Crippen LogP contribution is 2.49. The Balaban J connectivity index is 2.04. The van der Waals surface area contributed by atoms with E-state index in [9.17, 15) is 9.59 Å². The predicted molar refractivity (Wildman–Crippen MR) is 47.5 cm³/mol. The molecule has 0 aromatic rings. The fraction of sp³-hybridized carbons (Fsp3) is 0.800. The van der Waals surface area contributed by atoms with Gasteiger partial charge in [0.2, 0.25) is 0 Å². The van der Waals surface area contributed by atoms with Crippen molar-refractivity contribution in [3.05, 3.63) is 0 Å². The number of hydrogen-bond acceptors (Lipinski definition) is 3. The number of rotatable bonds is 2. The summed E-state index contributed by atoms with van der Waals surface area (Å²) < 4.78 is 5.12. The molecule has 2 aliphatic rings. The molecular weight excluding hydrogens is 184 g/mol. The molecule has 14 heavy (non-hydrogen) atoms. The molecule has 1 N–H and O–H groups in total. The monoisotopic (exact) mass is 198 g/mol. The zero-order valence-electron chi connectivity index (χ0n) is 8.10. The molecule has 0 aromatic carbocycles. The molecule has 4 nitrogen and oxygen atoms in total. The van der Waals surface area contributed by atoms with Gasteiger partial charge < -0.3 is 9.84 Å². The van der Waals surface area contributed by atoms with Crippen molar-refractivity contribution in [2.45, 2.75) is 32.3 Å². The highest BCUT2D eigenvalue weighted by atomic mass is 16.5. The summed E-state index contributed by atoms with van der Waals surface area (Å²) in [5.41, 5.74) is 0. The van der Waals surface area contributed by atoms with Gasteiger partial charge in [0.05, 0.1) is 5.92 Å². The van der Waals surface area contributed by atoms with E-state index in [0.29, 0.717) is 5.92 Å². The Kier molecular flexibility index (Phi) is 2.21. The van der Waals surface area contributed by atoms with Crippen LogP contribution in [-0.4, -0.2) is 23.1 Å². The Morgan fingerprint density at radius 1 is 1.29 bits per heavy atom. The molecule has 0 amide bonds. The van der Waals surface area contributed by atoms with E-state index in [1.54, 1.807) is 0 Å². The zero-order valence-corrected chi connectivity index (χ0v) is 8.10. The van der Waals surface area contributed by atoms with Crippen LogP contribution in [0.5, 0.6) is 0 Å². The molecule has 0 heterocycles. The first kappa shape index (κ1) is 9.49. The van der Waals surface area contributed by atoms with Gasteiger partial charge in [0.1, 0.15) is 6.10 Å². The quantitative estimate of drug-likeness (QED) is 0.673. The fourth-order valence-corrected chi connectivity index (χ4v) is 2.92. The number of carbonyl (C=O) groups excluding carboxylic acids is 1. The molecule has 4 unspecified atom stereocenters. The first-order chi connectivity index (χ1) is 6.58. The minimum Gasteiger partial charge on any atom is -0.481 e. The molecule has 78 valence electrons. The lowest BCUT2D eigenvalue weighted by molar-refractivity contribution is -0.155. The van der Waals surface area contributed by atoms with Gasteiger partial charge in [0.25, 0.3) is 0 Å². The van der Waals surface area contributed by atoms with E-state index >= 15 is 0 Å². The summed E-state index contributed by atoms with van der Waals surface area (Å²) in [4.78, 5) is 21.7. The van der Waals surface area contributed by atoms with E-state index < -0.39 is 5.97 Å². The summed E-state index contributed by atoms with van der Waals surface area (Å²) in [5, 5.41) is 8.95. The Labute approximate surface area is 82.2 Å². The summed E-state index contributed by atoms with van der Waals surface area (Å²) >= 11 is 0. The topological polar surface area (TPSA) is 63.6 Å². The van der Waals surface area contributed by atoms with E-state index in [1.807, 2.05) is 0 Å². The zero-order chi connectivity index (χ0) is 10.3. The van der Waals surface area contributed by atoms with Crippen LogP contribution in [0.1, 0.15) is 26.2 Å². The van der Waals surface area contributed by atoms with Crippen LogP contribution in [0.2, 0.25) is 0 Å². The van der Waals surface area contributed by atoms with Gasteiger partial charge in [0.15, 0.2) is 0 Å². The molecule has 2 saturated carbocycles. The first-order valence-electron chi connectivity index (χ1n) is 4.98. The number of carboxylic acid groups (broad SMARTS) is 1. The van der Waals surface area contributed by atoms with Crippen molar-refractivity contribution < 1.29 is 19.4 Å². The predicted octanol–water partition coefficient (Wildman–Crippen LogP) is 1.05. The number of carbonyl (C=O) groups is 2. The normalized spacial score (nSPS) is 39.8. The van der Waals surface area contributed by atoms with Crippen LogP contribution in [0.25, 0.3) is 0 Å². The maximum atomic E-state index is 10.9. The van der Waals surface area contributed by atoms with Gasteiger partial charge in [0, 0.05) is 12.8 Å². The van der Waals surface area contributed by atoms with Crippen molar-refractivity contribution in [1.29, 1.82) is 0 Å². The van der Waals surface area contributed by atoms with Crippen LogP contribution in [0, 0.1) is 17.8 Å². The second-order valence-corrected chi connectivity index (χ2v) is 4.33. The van der Waals surface area contributed by atoms with Crippen molar-refractivity contribution in [2.24, 2.45) is 17.8 Å². The second-order valence-electron chi connectivity index (χ2n) is 4.33. The van der Waals surface area contributed by atoms with Crippen LogP contribution in [-0.2, 0) is 14.3 Å². The molecule has 2 bridgehead atoms. The molecule has 2 rings (SSSR count). The molecular formula is C10H14O4. The molecule has 0 saturated heterocycles. The molecule has 2 aliphatic carbocycles. The summed E-state index contributed by atoms with van der Waals surface area (Å²) in [6, 6.07) is 0. The molecule has 0 radical (unpaired) electrons. The Morgan fingerprint density at radius 2 is 2.00 bits per heavy atom. The SMILES string of the molecule is CC(=O)OC1CC2CC(C(=O)O)C1C2. The molecule has 4 heteroatoms. The Bertz CT molecular complexity index is 271. The van der Waals surface area contributed by atoms with E-state index in [0.717, 1.165) is 19.3 Å². The highest BCUT2D eigenvalue weighted by Gasteiger charge is 2.50. The molecule has 0 aromatic heterocycles. The van der Waals surface area contributed by atoms with Gasteiger partial charge in [-0.05, 0) is 25.2 Å². The van der Waals surface area contributed by atoms with Crippen LogP contribution >= 0.6 is 0 Å². The third kappa shape index (κ3) is 1.49. The third-order valence-electron chi connectivity index (χ3n) is 3.39. The number of aliphatic carboxylic acids is 1. The van der Waals surface area contributed by atoms with Crippen molar-refractivity contribution >= 4 is 11.9 Å². The smallest absolute Gasteiger partial charge is 0.306 e. The van der Waals surface area contributed by atoms with E-state index in [2.05, 4.69) is 0 Å². The van der Waals surface area contributed by atoms with Gasteiger partial charge in [-0.1, -0.05) is 0 Å². The third-order valence-corrected chi connectivity index (χ3v) is 3.39. The largest absolute Gasteiger partial charge is 0.481 e. The summed E-state index contributed by atoms with van der Waals surface area (Å²) in [5.74, 6) is -0.828. The van der Waals surface area contributed by atoms with Crippen LogP contribution in [0.15, 0.2) is 0 Å². The van der Waals surface area contributed by atoms with E-state index in [4.69, 9.17) is 9.84 Å². The maximum Gasteiger partial charge on any atom is 0.306 e.